The van der Waals surface area contributed by atoms with E-state index in [4.69, 9.17) is 14.6 Å². The number of carboxylic acid groups (broad SMARTS) is 1. The Morgan fingerprint density at radius 2 is 1.88 bits per heavy atom. The first-order valence-electron chi connectivity index (χ1n) is 5.53. The minimum atomic E-state index is -0.900. The minimum absolute atomic E-state index is 0.438. The number of hydrogen-bond acceptors (Lipinski definition) is 4. The van der Waals surface area contributed by atoms with Crippen molar-refractivity contribution in [2.45, 2.75) is 31.7 Å². The summed E-state index contributed by atoms with van der Waals surface area (Å²) in [6, 6.07) is 0. The summed E-state index contributed by atoms with van der Waals surface area (Å²) in [5.41, 5.74) is -0.900. The molecule has 0 saturated heterocycles. The molecule has 96 valence electrons. The third-order valence-electron chi connectivity index (χ3n) is 2.57. The van der Waals surface area contributed by atoms with Crippen LogP contribution in [0.3, 0.4) is 0 Å². The number of aliphatic carboxylic acids is 1. The summed E-state index contributed by atoms with van der Waals surface area (Å²) in [6.07, 6.45) is 2.30. The predicted octanol–water partition coefficient (Wildman–Crippen LogP) is 0.882. The van der Waals surface area contributed by atoms with E-state index >= 15 is 0 Å². The van der Waals surface area contributed by atoms with E-state index in [9.17, 15) is 4.79 Å². The Balaban J connectivity index is 3.88. The van der Waals surface area contributed by atoms with Crippen molar-refractivity contribution < 1.29 is 19.4 Å². The molecule has 0 saturated carbocycles. The van der Waals surface area contributed by atoms with E-state index in [0.29, 0.717) is 26.2 Å². The molecule has 0 spiro atoms. The highest BCUT2D eigenvalue weighted by Crippen LogP contribution is 2.10. The second-order valence-corrected chi connectivity index (χ2v) is 4.01. The molecule has 0 amide bonds. The smallest absolute Gasteiger partial charge is 0.323 e. The fourth-order valence-corrected chi connectivity index (χ4v) is 1.31. The second kappa shape index (κ2) is 8.50. The third-order valence-corrected chi connectivity index (χ3v) is 2.57. The zero-order valence-corrected chi connectivity index (χ0v) is 10.4. The van der Waals surface area contributed by atoms with Crippen molar-refractivity contribution in [3.63, 3.8) is 0 Å². The first-order valence-corrected chi connectivity index (χ1v) is 5.53. The molecule has 5 heteroatoms. The van der Waals surface area contributed by atoms with E-state index in [0.717, 1.165) is 12.8 Å². The Bertz CT molecular complexity index is 198. The van der Waals surface area contributed by atoms with Crippen LogP contribution in [0.2, 0.25) is 0 Å². The lowest BCUT2D eigenvalue weighted by molar-refractivity contribution is -0.145. The van der Waals surface area contributed by atoms with E-state index < -0.39 is 11.5 Å². The SMILES string of the molecule is COCCCCNC(C)(CCOC)C(=O)O. The molecule has 0 aromatic carbocycles. The molecule has 16 heavy (non-hydrogen) atoms. The third kappa shape index (κ3) is 6.05. The molecule has 0 bridgehead atoms. The molecule has 0 radical (unpaired) electrons. The molecule has 5 nitrogen and oxygen atoms in total. The highest BCUT2D eigenvalue weighted by Gasteiger charge is 2.31. The molecule has 0 aliphatic rings. The van der Waals surface area contributed by atoms with Gasteiger partial charge in [0.15, 0.2) is 0 Å². The van der Waals surface area contributed by atoms with Crippen LogP contribution in [0, 0.1) is 0 Å². The van der Waals surface area contributed by atoms with Gasteiger partial charge in [-0.2, -0.15) is 0 Å². The standard InChI is InChI=1S/C11H23NO4/c1-11(10(13)14,6-9-16-3)12-7-4-5-8-15-2/h12H,4-9H2,1-3H3,(H,13,14). The van der Waals surface area contributed by atoms with Crippen LogP contribution in [0.15, 0.2) is 0 Å². The van der Waals surface area contributed by atoms with Gasteiger partial charge in [0.1, 0.15) is 5.54 Å². The fraction of sp³-hybridized carbons (Fsp3) is 0.909. The van der Waals surface area contributed by atoms with Crippen LogP contribution in [0.1, 0.15) is 26.2 Å². The number of nitrogens with one attached hydrogen (secondary N) is 1. The summed E-state index contributed by atoms with van der Waals surface area (Å²) in [5, 5.41) is 12.2. The van der Waals surface area contributed by atoms with Gasteiger partial charge in [-0.3, -0.25) is 4.79 Å². The zero-order chi connectivity index (χ0) is 12.4. The predicted molar refractivity (Wildman–Crippen MR) is 61.6 cm³/mol. The maximum absolute atomic E-state index is 11.1. The normalized spacial score (nSPS) is 14.7. The van der Waals surface area contributed by atoms with Gasteiger partial charge in [0.25, 0.3) is 0 Å². The summed E-state index contributed by atoms with van der Waals surface area (Å²) in [4.78, 5) is 11.1. The van der Waals surface area contributed by atoms with Crippen molar-refractivity contribution in [1.29, 1.82) is 0 Å². The van der Waals surface area contributed by atoms with Gasteiger partial charge in [0.05, 0.1) is 0 Å². The van der Waals surface area contributed by atoms with Gasteiger partial charge < -0.3 is 19.9 Å². The average molecular weight is 233 g/mol. The quantitative estimate of drug-likeness (QED) is 0.548. The summed E-state index contributed by atoms with van der Waals surface area (Å²) in [7, 11) is 3.23. The molecule has 0 fully saturated rings. The topological polar surface area (TPSA) is 67.8 Å². The number of carboxylic acids is 1. The highest BCUT2D eigenvalue weighted by atomic mass is 16.5. The fourth-order valence-electron chi connectivity index (χ4n) is 1.31. The van der Waals surface area contributed by atoms with Crippen LogP contribution < -0.4 is 5.32 Å². The molecule has 0 heterocycles. The molecule has 0 aromatic rings. The van der Waals surface area contributed by atoms with Crippen molar-refractivity contribution in [2.24, 2.45) is 0 Å². The molecule has 0 aliphatic heterocycles. The van der Waals surface area contributed by atoms with Gasteiger partial charge >= 0.3 is 5.97 Å². The lowest BCUT2D eigenvalue weighted by Crippen LogP contribution is -2.50. The summed E-state index contributed by atoms with van der Waals surface area (Å²) >= 11 is 0. The van der Waals surface area contributed by atoms with Crippen LogP contribution >= 0.6 is 0 Å². The van der Waals surface area contributed by atoms with Gasteiger partial charge in [-0.1, -0.05) is 0 Å². The average Bonchev–Trinajstić information content (AvgIpc) is 2.26. The molecule has 0 aliphatic carbocycles. The molecule has 2 N–H and O–H groups in total. The van der Waals surface area contributed by atoms with Crippen molar-refractivity contribution in [1.82, 2.24) is 5.32 Å². The number of methoxy groups -OCH3 is 2. The summed E-state index contributed by atoms with van der Waals surface area (Å²) < 4.78 is 9.83. The van der Waals surface area contributed by atoms with Crippen LogP contribution in [0.5, 0.6) is 0 Å². The first kappa shape index (κ1) is 15.3. The van der Waals surface area contributed by atoms with E-state index in [1.54, 1.807) is 21.1 Å². The largest absolute Gasteiger partial charge is 0.480 e. The Kier molecular flexibility index (Phi) is 8.15. The Morgan fingerprint density at radius 1 is 1.25 bits per heavy atom. The van der Waals surface area contributed by atoms with Crippen LogP contribution in [0.4, 0.5) is 0 Å². The Morgan fingerprint density at radius 3 is 2.38 bits per heavy atom. The number of ether oxygens (including phenoxy) is 2. The van der Waals surface area contributed by atoms with E-state index in [1.807, 2.05) is 0 Å². The van der Waals surface area contributed by atoms with Crippen molar-refractivity contribution in [2.75, 3.05) is 34.0 Å². The Labute approximate surface area is 97.1 Å². The van der Waals surface area contributed by atoms with Gasteiger partial charge in [0.2, 0.25) is 0 Å². The summed E-state index contributed by atoms with van der Waals surface area (Å²) in [5.74, 6) is -0.837. The van der Waals surface area contributed by atoms with E-state index in [2.05, 4.69) is 5.32 Å². The van der Waals surface area contributed by atoms with Crippen molar-refractivity contribution in [3.8, 4) is 0 Å². The van der Waals surface area contributed by atoms with Crippen LogP contribution in [-0.4, -0.2) is 50.6 Å². The minimum Gasteiger partial charge on any atom is -0.480 e. The molecule has 0 rings (SSSR count). The second-order valence-electron chi connectivity index (χ2n) is 4.01. The molecular formula is C11H23NO4. The lowest BCUT2D eigenvalue weighted by Gasteiger charge is -2.26. The van der Waals surface area contributed by atoms with Crippen LogP contribution in [0.25, 0.3) is 0 Å². The number of hydrogen-bond donors (Lipinski definition) is 2. The summed E-state index contributed by atoms with van der Waals surface area (Å²) in [6.45, 7) is 3.51. The maximum atomic E-state index is 11.1. The van der Waals surface area contributed by atoms with Gasteiger partial charge in [-0.15, -0.1) is 0 Å². The maximum Gasteiger partial charge on any atom is 0.323 e. The van der Waals surface area contributed by atoms with Crippen LogP contribution in [-0.2, 0) is 14.3 Å². The van der Waals surface area contributed by atoms with E-state index in [-0.39, 0.29) is 0 Å². The number of rotatable bonds is 10. The molecule has 1 atom stereocenters. The van der Waals surface area contributed by atoms with Gasteiger partial charge in [-0.25, -0.2) is 0 Å². The van der Waals surface area contributed by atoms with Crippen molar-refractivity contribution in [3.05, 3.63) is 0 Å². The first-order chi connectivity index (χ1) is 7.56. The van der Waals surface area contributed by atoms with Crippen molar-refractivity contribution >= 4 is 5.97 Å². The zero-order valence-electron chi connectivity index (χ0n) is 10.4. The van der Waals surface area contributed by atoms with E-state index in [1.165, 1.54) is 0 Å². The lowest BCUT2D eigenvalue weighted by atomic mass is 9.98. The molecular weight excluding hydrogens is 210 g/mol. The number of unbranched alkanes of at least 4 members (excludes halogenated alkanes) is 1. The molecule has 1 unspecified atom stereocenters. The number of carbonyl (C=O) groups is 1. The Hall–Kier alpha value is -0.650. The van der Waals surface area contributed by atoms with Gasteiger partial charge in [-0.05, 0) is 32.7 Å². The van der Waals surface area contributed by atoms with Gasteiger partial charge in [0, 0.05) is 27.4 Å². The monoisotopic (exact) mass is 233 g/mol. The highest BCUT2D eigenvalue weighted by molar-refractivity contribution is 5.78. The molecule has 0 aromatic heterocycles.